The molecular formula is C11H17ClN4O9S2. The number of ether oxygens (including phenoxy) is 1. The van der Waals surface area contributed by atoms with Crippen molar-refractivity contribution in [3.05, 3.63) is 10.7 Å². The summed E-state index contributed by atoms with van der Waals surface area (Å²) in [6.45, 7) is 0.986. The van der Waals surface area contributed by atoms with E-state index in [0.29, 0.717) is 0 Å². The molecule has 1 heterocycles. The molecule has 0 aliphatic carbocycles. The lowest BCUT2D eigenvalue weighted by Gasteiger charge is -2.12. The second-order valence-corrected chi connectivity index (χ2v) is 8.60. The molecule has 0 saturated heterocycles. The van der Waals surface area contributed by atoms with Gasteiger partial charge >= 0.3 is 6.09 Å². The maximum Gasteiger partial charge on any atom is 0.420 e. The fourth-order valence-electron chi connectivity index (χ4n) is 1.78. The van der Waals surface area contributed by atoms with Crippen LogP contribution in [0.4, 0.5) is 4.79 Å². The van der Waals surface area contributed by atoms with Crippen LogP contribution >= 0.6 is 11.6 Å². The van der Waals surface area contributed by atoms with Crippen molar-refractivity contribution in [1.82, 2.24) is 20.0 Å². The van der Waals surface area contributed by atoms with Crippen LogP contribution in [0.2, 0.25) is 5.15 Å². The second kappa shape index (κ2) is 8.83. The Balaban J connectivity index is 2.97. The van der Waals surface area contributed by atoms with Crippen molar-refractivity contribution in [2.75, 3.05) is 20.0 Å². The number of hydroxylamine groups is 1. The molecule has 154 valence electrons. The van der Waals surface area contributed by atoms with Gasteiger partial charge in [-0.1, -0.05) is 11.6 Å². The number of nitrogens with one attached hydrogen (secondary N) is 2. The molecule has 0 saturated carbocycles. The summed E-state index contributed by atoms with van der Waals surface area (Å²) in [6.07, 6.45) is -1.39. The topological polar surface area (TPSA) is 172 Å². The van der Waals surface area contributed by atoms with Crippen molar-refractivity contribution >= 4 is 43.7 Å². The van der Waals surface area contributed by atoms with Gasteiger partial charge in [-0.3, -0.25) is 18.5 Å². The van der Waals surface area contributed by atoms with E-state index in [1.54, 1.807) is 4.72 Å². The van der Waals surface area contributed by atoms with E-state index < -0.39 is 54.0 Å². The second-order valence-electron chi connectivity index (χ2n) is 5.04. The van der Waals surface area contributed by atoms with Gasteiger partial charge in [-0.2, -0.15) is 21.9 Å². The summed E-state index contributed by atoms with van der Waals surface area (Å²) in [5.74, 6) is -1.11. The summed E-state index contributed by atoms with van der Waals surface area (Å²) in [5.41, 5.74) is 1.29. The molecule has 1 unspecified atom stereocenters. The molecule has 2 amide bonds. The number of amides is 2. The molecule has 0 bridgehead atoms. The molecule has 27 heavy (non-hydrogen) atoms. The highest BCUT2D eigenvalue weighted by atomic mass is 35.5. The van der Waals surface area contributed by atoms with Crippen molar-refractivity contribution in [3.8, 4) is 0 Å². The van der Waals surface area contributed by atoms with Gasteiger partial charge in [0, 0.05) is 7.05 Å². The van der Waals surface area contributed by atoms with Crippen molar-refractivity contribution in [1.29, 1.82) is 0 Å². The quantitative estimate of drug-likeness (QED) is 0.376. The fraction of sp³-hybridized carbons (Fsp3) is 0.545. The van der Waals surface area contributed by atoms with Crippen LogP contribution in [-0.4, -0.2) is 64.7 Å². The molecular weight excluding hydrogens is 432 g/mol. The first-order valence-corrected chi connectivity index (χ1v) is 10.6. The van der Waals surface area contributed by atoms with Crippen LogP contribution in [0.3, 0.4) is 0 Å². The summed E-state index contributed by atoms with van der Waals surface area (Å²) in [5, 5.41) is 2.41. The van der Waals surface area contributed by atoms with Gasteiger partial charge in [0.2, 0.25) is 0 Å². The van der Waals surface area contributed by atoms with E-state index in [4.69, 9.17) is 16.4 Å². The van der Waals surface area contributed by atoms with Crippen LogP contribution in [-0.2, 0) is 40.9 Å². The van der Waals surface area contributed by atoms with E-state index in [1.165, 1.54) is 14.0 Å². The zero-order valence-electron chi connectivity index (χ0n) is 14.5. The van der Waals surface area contributed by atoms with Gasteiger partial charge in [0.1, 0.15) is 18.3 Å². The number of hydrogen-bond acceptors (Lipinski definition) is 10. The fourth-order valence-corrected chi connectivity index (χ4v) is 4.02. The zero-order chi connectivity index (χ0) is 21.0. The minimum Gasteiger partial charge on any atom is -0.452 e. The third-order valence-corrected chi connectivity index (χ3v) is 5.01. The Morgan fingerprint density at radius 1 is 1.30 bits per heavy atom. The maximum absolute atomic E-state index is 12.3. The van der Waals surface area contributed by atoms with E-state index in [1.807, 2.05) is 5.48 Å². The molecule has 1 aromatic heterocycles. The van der Waals surface area contributed by atoms with Crippen molar-refractivity contribution in [2.45, 2.75) is 18.1 Å². The van der Waals surface area contributed by atoms with Gasteiger partial charge in [0.25, 0.3) is 26.0 Å². The number of nitrogens with zero attached hydrogens (tertiary/aromatic N) is 2. The molecule has 0 fully saturated rings. The van der Waals surface area contributed by atoms with Gasteiger partial charge in [-0.15, -0.1) is 0 Å². The number of aromatic nitrogens is 2. The molecule has 16 heteroatoms. The van der Waals surface area contributed by atoms with Gasteiger partial charge in [-0.25, -0.2) is 15.0 Å². The van der Waals surface area contributed by atoms with E-state index in [0.717, 1.165) is 18.0 Å². The minimum absolute atomic E-state index is 0.376. The van der Waals surface area contributed by atoms with Crippen LogP contribution in [0.5, 0.6) is 0 Å². The maximum atomic E-state index is 12.3. The summed E-state index contributed by atoms with van der Waals surface area (Å²) in [6, 6.07) is 0. The predicted molar refractivity (Wildman–Crippen MR) is 89.8 cm³/mol. The van der Waals surface area contributed by atoms with Gasteiger partial charge in [0.05, 0.1) is 13.4 Å². The van der Waals surface area contributed by atoms with E-state index in [2.05, 4.69) is 14.0 Å². The lowest BCUT2D eigenvalue weighted by Crippen LogP contribution is -2.34. The number of carbonyl (C=O) groups excluding carboxylic acids is 2. The minimum atomic E-state index is -4.55. The van der Waals surface area contributed by atoms with Crippen LogP contribution in [0, 0.1) is 0 Å². The number of carbonyl (C=O) groups is 2. The third kappa shape index (κ3) is 6.62. The van der Waals surface area contributed by atoms with Gasteiger partial charge < -0.3 is 4.74 Å². The first kappa shape index (κ1) is 23.1. The van der Waals surface area contributed by atoms with Crippen molar-refractivity contribution < 1.29 is 40.2 Å². The number of rotatable bonds is 8. The Labute approximate surface area is 160 Å². The Morgan fingerprint density at radius 3 is 2.41 bits per heavy atom. The standard InChI is InChI=1S/C11H17ClN4O9S2/c1-6(25-26(4,19)20)5-24-14-9(17)7-8(12)13-16(2)10(7)27(21,22)15-11(18)23-3/h6H,5H2,1-4H3,(H,14,17)(H,15,18). The average Bonchev–Trinajstić information content (AvgIpc) is 2.79. The number of halogens is 1. The molecule has 0 aliphatic heterocycles. The SMILES string of the molecule is COC(=O)NS(=O)(=O)c1c(C(=O)NOCC(C)OS(C)(=O)=O)c(Cl)nn1C. The summed E-state index contributed by atoms with van der Waals surface area (Å²) in [7, 11) is -6.16. The Morgan fingerprint density at radius 2 is 1.89 bits per heavy atom. The van der Waals surface area contributed by atoms with E-state index in [-0.39, 0.29) is 6.61 Å². The highest BCUT2D eigenvalue weighted by Gasteiger charge is 2.32. The third-order valence-electron chi connectivity index (χ3n) is 2.66. The summed E-state index contributed by atoms with van der Waals surface area (Å²) >= 11 is 5.79. The first-order valence-electron chi connectivity index (χ1n) is 6.92. The van der Waals surface area contributed by atoms with Crippen LogP contribution in [0.1, 0.15) is 17.3 Å². The summed E-state index contributed by atoms with van der Waals surface area (Å²) in [4.78, 5) is 28.2. The van der Waals surface area contributed by atoms with Crippen LogP contribution < -0.4 is 10.2 Å². The lowest BCUT2D eigenvalue weighted by atomic mass is 10.3. The average molecular weight is 449 g/mol. The van der Waals surface area contributed by atoms with Crippen LogP contribution in [0.15, 0.2) is 5.03 Å². The molecule has 1 aromatic rings. The smallest absolute Gasteiger partial charge is 0.420 e. The molecule has 1 atom stereocenters. The molecule has 0 radical (unpaired) electrons. The highest BCUT2D eigenvalue weighted by Crippen LogP contribution is 2.23. The van der Waals surface area contributed by atoms with E-state index in [9.17, 15) is 26.4 Å². The molecule has 0 aromatic carbocycles. The number of hydrogen-bond donors (Lipinski definition) is 2. The van der Waals surface area contributed by atoms with Gasteiger partial charge in [0.15, 0.2) is 10.2 Å². The van der Waals surface area contributed by atoms with Crippen molar-refractivity contribution in [2.24, 2.45) is 7.05 Å². The molecule has 13 nitrogen and oxygen atoms in total. The normalized spacial score (nSPS) is 13.1. The summed E-state index contributed by atoms with van der Waals surface area (Å²) < 4.78 is 57.6. The largest absolute Gasteiger partial charge is 0.452 e. The Kier molecular flexibility index (Phi) is 7.56. The Bertz CT molecular complexity index is 926. The predicted octanol–water partition coefficient (Wildman–Crippen LogP) is -0.856. The lowest BCUT2D eigenvalue weighted by molar-refractivity contribution is 0.00136. The van der Waals surface area contributed by atoms with Gasteiger partial charge in [-0.05, 0) is 6.92 Å². The molecule has 2 N–H and O–H groups in total. The first-order chi connectivity index (χ1) is 12.3. The Hall–Kier alpha value is -1.94. The monoisotopic (exact) mass is 448 g/mol. The van der Waals surface area contributed by atoms with Crippen molar-refractivity contribution in [3.63, 3.8) is 0 Å². The number of methoxy groups -OCH3 is 1. The van der Waals surface area contributed by atoms with E-state index >= 15 is 0 Å². The highest BCUT2D eigenvalue weighted by molar-refractivity contribution is 7.90. The number of aryl methyl sites for hydroxylation is 1. The number of sulfonamides is 1. The molecule has 0 spiro atoms. The zero-order valence-corrected chi connectivity index (χ0v) is 16.9. The molecule has 1 rings (SSSR count). The molecule has 0 aliphatic rings. The van der Waals surface area contributed by atoms with Crippen LogP contribution in [0.25, 0.3) is 0 Å².